The Bertz CT molecular complexity index is 786. The van der Waals surface area contributed by atoms with Gasteiger partial charge in [-0.05, 0) is 17.8 Å². The first-order chi connectivity index (χ1) is 9.79. The fraction of sp³-hybridized carbons (Fsp3) is 0. The summed E-state index contributed by atoms with van der Waals surface area (Å²) in [5, 5.41) is 20.6. The Morgan fingerprint density at radius 2 is 2.20 bits per heavy atom. The molecule has 0 aliphatic rings. The molecule has 0 aliphatic heterocycles. The lowest BCUT2D eigenvalue weighted by atomic mass is 10.3. The van der Waals surface area contributed by atoms with Gasteiger partial charge in [0.25, 0.3) is 0 Å². The van der Waals surface area contributed by atoms with Crippen LogP contribution in [-0.4, -0.2) is 41.2 Å². The number of amidine groups is 1. The molecule has 0 unspecified atom stereocenters. The number of imidazole rings is 1. The van der Waals surface area contributed by atoms with Crippen LogP contribution in [0.1, 0.15) is 5.56 Å². The Balaban J connectivity index is 2.06. The molecule has 100 valence electrons. The van der Waals surface area contributed by atoms with Crippen LogP contribution in [0, 0.1) is 0 Å². The van der Waals surface area contributed by atoms with E-state index in [1.165, 1.54) is 30.6 Å². The molecule has 0 atom stereocenters. The molecule has 9 nitrogen and oxygen atoms in total. The SMILES string of the molecule is N/C(=N/O)c1ccnnc1Sc1ncnc2nc[nH]c12. The van der Waals surface area contributed by atoms with Gasteiger partial charge in [-0.25, -0.2) is 15.0 Å². The van der Waals surface area contributed by atoms with Gasteiger partial charge in [0, 0.05) is 0 Å². The predicted octanol–water partition coefficient (Wildman–Crippen LogP) is 0.389. The van der Waals surface area contributed by atoms with E-state index < -0.39 is 0 Å². The quantitative estimate of drug-likeness (QED) is 0.207. The van der Waals surface area contributed by atoms with Crippen molar-refractivity contribution in [3.8, 4) is 0 Å². The van der Waals surface area contributed by atoms with E-state index in [0.29, 0.717) is 26.8 Å². The number of hydrogen-bond acceptors (Lipinski definition) is 8. The van der Waals surface area contributed by atoms with E-state index in [9.17, 15) is 0 Å². The second kappa shape index (κ2) is 5.09. The number of nitrogens with one attached hydrogen (secondary N) is 1. The first-order valence-electron chi connectivity index (χ1n) is 5.41. The fourth-order valence-corrected chi connectivity index (χ4v) is 2.46. The van der Waals surface area contributed by atoms with Gasteiger partial charge < -0.3 is 15.9 Å². The smallest absolute Gasteiger partial charge is 0.181 e. The van der Waals surface area contributed by atoms with E-state index in [4.69, 9.17) is 10.9 Å². The van der Waals surface area contributed by atoms with Crippen LogP contribution < -0.4 is 5.73 Å². The van der Waals surface area contributed by atoms with Gasteiger partial charge in [0.1, 0.15) is 21.9 Å². The Morgan fingerprint density at radius 3 is 3.05 bits per heavy atom. The Kier molecular flexibility index (Phi) is 3.13. The van der Waals surface area contributed by atoms with Crippen molar-refractivity contribution >= 4 is 28.8 Å². The predicted molar refractivity (Wildman–Crippen MR) is 70.3 cm³/mol. The third-order valence-corrected chi connectivity index (χ3v) is 3.45. The van der Waals surface area contributed by atoms with Crippen LogP contribution in [0.15, 0.2) is 40.1 Å². The second-order valence-electron chi connectivity index (χ2n) is 3.62. The molecule has 20 heavy (non-hydrogen) atoms. The summed E-state index contributed by atoms with van der Waals surface area (Å²) in [6, 6.07) is 1.61. The molecule has 0 aromatic carbocycles. The minimum Gasteiger partial charge on any atom is -0.409 e. The van der Waals surface area contributed by atoms with Crippen LogP contribution in [0.4, 0.5) is 0 Å². The van der Waals surface area contributed by atoms with Gasteiger partial charge in [-0.1, -0.05) is 5.16 Å². The van der Waals surface area contributed by atoms with E-state index >= 15 is 0 Å². The van der Waals surface area contributed by atoms with Gasteiger partial charge in [-0.2, -0.15) is 5.10 Å². The number of nitrogens with zero attached hydrogens (tertiary/aromatic N) is 6. The summed E-state index contributed by atoms with van der Waals surface area (Å²) in [6.07, 6.45) is 4.40. The monoisotopic (exact) mass is 288 g/mol. The average molecular weight is 288 g/mol. The number of rotatable bonds is 3. The van der Waals surface area contributed by atoms with Crippen molar-refractivity contribution in [3.63, 3.8) is 0 Å². The maximum atomic E-state index is 8.78. The number of oxime groups is 1. The molecule has 3 rings (SSSR count). The van der Waals surface area contributed by atoms with Crippen molar-refractivity contribution in [2.75, 3.05) is 0 Å². The third-order valence-electron chi connectivity index (χ3n) is 2.45. The summed E-state index contributed by atoms with van der Waals surface area (Å²) < 4.78 is 0. The van der Waals surface area contributed by atoms with Crippen molar-refractivity contribution in [1.82, 2.24) is 30.1 Å². The summed E-state index contributed by atoms with van der Waals surface area (Å²) in [5.41, 5.74) is 7.32. The van der Waals surface area contributed by atoms with Crippen molar-refractivity contribution in [2.45, 2.75) is 10.1 Å². The average Bonchev–Trinajstić information content (AvgIpc) is 2.96. The highest BCUT2D eigenvalue weighted by atomic mass is 32.2. The molecule has 0 amide bonds. The molecule has 10 heteroatoms. The summed E-state index contributed by atoms with van der Waals surface area (Å²) in [4.78, 5) is 15.2. The highest BCUT2D eigenvalue weighted by Gasteiger charge is 2.14. The molecule has 0 fully saturated rings. The minimum atomic E-state index is -0.0442. The van der Waals surface area contributed by atoms with E-state index in [1.807, 2.05) is 0 Å². The zero-order chi connectivity index (χ0) is 13.9. The maximum Gasteiger partial charge on any atom is 0.181 e. The molecule has 0 aliphatic carbocycles. The Morgan fingerprint density at radius 1 is 1.30 bits per heavy atom. The minimum absolute atomic E-state index is 0.0442. The standard InChI is InChI=1S/C10H8N8OS/c11-7(18-19)5-1-2-16-17-9(5)20-10-6-8(13-3-12-6)14-4-15-10/h1-4,19H,(H2,11,18)(H,12,13,14,15). The number of nitrogens with two attached hydrogens (primary N) is 1. The maximum absolute atomic E-state index is 8.78. The number of hydrogen-bond donors (Lipinski definition) is 3. The van der Waals surface area contributed by atoms with Crippen molar-refractivity contribution in [2.24, 2.45) is 10.9 Å². The van der Waals surface area contributed by atoms with Crippen molar-refractivity contribution in [1.29, 1.82) is 0 Å². The van der Waals surface area contributed by atoms with E-state index in [0.717, 1.165) is 0 Å². The number of H-pyrrole nitrogens is 1. The van der Waals surface area contributed by atoms with Crippen LogP contribution in [0.2, 0.25) is 0 Å². The van der Waals surface area contributed by atoms with Gasteiger partial charge in [0.2, 0.25) is 0 Å². The fourth-order valence-electron chi connectivity index (χ4n) is 1.55. The van der Waals surface area contributed by atoms with E-state index in [-0.39, 0.29) is 5.84 Å². The summed E-state index contributed by atoms with van der Waals surface area (Å²) in [6.45, 7) is 0. The van der Waals surface area contributed by atoms with Crippen LogP contribution >= 0.6 is 11.8 Å². The summed E-state index contributed by atoms with van der Waals surface area (Å²) >= 11 is 1.22. The number of aromatic nitrogens is 6. The molecule has 3 aromatic rings. The van der Waals surface area contributed by atoms with Crippen LogP contribution in [0.25, 0.3) is 11.2 Å². The van der Waals surface area contributed by atoms with Gasteiger partial charge in [-0.3, -0.25) is 0 Å². The number of aromatic amines is 1. The van der Waals surface area contributed by atoms with E-state index in [2.05, 4.69) is 35.3 Å². The van der Waals surface area contributed by atoms with Crippen LogP contribution in [-0.2, 0) is 0 Å². The summed E-state index contributed by atoms with van der Waals surface area (Å²) in [5.74, 6) is -0.0442. The molecule has 0 bridgehead atoms. The van der Waals surface area contributed by atoms with Crippen LogP contribution in [0.3, 0.4) is 0 Å². The first-order valence-corrected chi connectivity index (χ1v) is 6.22. The third kappa shape index (κ3) is 2.12. The first kappa shape index (κ1) is 12.3. The van der Waals surface area contributed by atoms with Gasteiger partial charge >= 0.3 is 0 Å². The lowest BCUT2D eigenvalue weighted by Crippen LogP contribution is -2.15. The lowest BCUT2D eigenvalue weighted by Gasteiger charge is -2.05. The molecule has 3 heterocycles. The van der Waals surface area contributed by atoms with Crippen molar-refractivity contribution in [3.05, 3.63) is 30.5 Å². The topological polar surface area (TPSA) is 139 Å². The van der Waals surface area contributed by atoms with Crippen LogP contribution in [0.5, 0.6) is 0 Å². The van der Waals surface area contributed by atoms with Crippen molar-refractivity contribution < 1.29 is 5.21 Å². The highest BCUT2D eigenvalue weighted by molar-refractivity contribution is 7.99. The van der Waals surface area contributed by atoms with Gasteiger partial charge in [0.15, 0.2) is 11.5 Å². The number of fused-ring (bicyclic) bond motifs is 1. The second-order valence-corrected chi connectivity index (χ2v) is 4.59. The molecule has 0 spiro atoms. The highest BCUT2D eigenvalue weighted by Crippen LogP contribution is 2.29. The Hall–Kier alpha value is -2.75. The normalized spacial score (nSPS) is 11.9. The molecule has 4 N–H and O–H groups in total. The molecule has 3 aromatic heterocycles. The summed E-state index contributed by atoms with van der Waals surface area (Å²) in [7, 11) is 0. The lowest BCUT2D eigenvalue weighted by molar-refractivity contribution is 0.318. The molecular formula is C10H8N8OS. The van der Waals surface area contributed by atoms with E-state index in [1.54, 1.807) is 6.07 Å². The van der Waals surface area contributed by atoms with Gasteiger partial charge in [-0.15, -0.1) is 5.10 Å². The molecule has 0 saturated heterocycles. The Labute approximate surface area is 116 Å². The van der Waals surface area contributed by atoms with Gasteiger partial charge in [0.05, 0.1) is 18.1 Å². The molecular weight excluding hydrogens is 280 g/mol. The zero-order valence-electron chi connectivity index (χ0n) is 9.93. The largest absolute Gasteiger partial charge is 0.409 e. The zero-order valence-corrected chi connectivity index (χ0v) is 10.7. The molecule has 0 saturated carbocycles. The molecule has 0 radical (unpaired) electrons.